The average molecular weight is 719 g/mol. The summed E-state index contributed by atoms with van der Waals surface area (Å²) in [5.41, 5.74) is 17.2. The Balaban J connectivity index is 0.000000216. The van der Waals surface area contributed by atoms with Crippen molar-refractivity contribution in [3.05, 3.63) is 211 Å². The molecule has 3 N–H and O–H groups in total. The molecule has 0 aliphatic rings. The Labute approximate surface area is 324 Å². The molecular formula is C52H38N4. The topological polar surface area (TPSA) is 59.7 Å². The third kappa shape index (κ3) is 5.34. The van der Waals surface area contributed by atoms with Gasteiger partial charge in [0.1, 0.15) is 0 Å². The zero-order valence-corrected chi connectivity index (χ0v) is 30.9. The quantitative estimate of drug-likeness (QED) is 0.106. The highest BCUT2D eigenvalue weighted by molar-refractivity contribution is 6.32. The van der Waals surface area contributed by atoms with E-state index < -0.39 is 0 Å². The summed E-state index contributed by atoms with van der Waals surface area (Å²) in [7, 11) is 0. The normalized spacial score (nSPS) is 11.4. The van der Waals surface area contributed by atoms with Crippen molar-refractivity contribution in [1.29, 1.82) is 5.41 Å². The third-order valence-electron chi connectivity index (χ3n) is 11.0. The second kappa shape index (κ2) is 13.5. The van der Waals surface area contributed by atoms with E-state index in [2.05, 4.69) is 156 Å². The van der Waals surface area contributed by atoms with Crippen LogP contribution in [0.4, 0.5) is 5.69 Å². The van der Waals surface area contributed by atoms with Crippen LogP contribution in [0.15, 0.2) is 194 Å². The molecule has 4 nitrogen and oxygen atoms in total. The van der Waals surface area contributed by atoms with E-state index in [0.29, 0.717) is 11.4 Å². The zero-order valence-electron chi connectivity index (χ0n) is 30.9. The summed E-state index contributed by atoms with van der Waals surface area (Å²) in [6, 6.07) is 68.1. The van der Waals surface area contributed by atoms with E-state index in [1.807, 2.05) is 54.6 Å². The summed E-state index contributed by atoms with van der Waals surface area (Å²) >= 11 is 0. The van der Waals surface area contributed by atoms with E-state index in [1.165, 1.54) is 82.1 Å². The molecule has 2 aromatic heterocycles. The Bertz CT molecular complexity index is 3260. The second-order valence-electron chi connectivity index (χ2n) is 14.4. The maximum absolute atomic E-state index is 8.03. The summed E-state index contributed by atoms with van der Waals surface area (Å²) in [4.78, 5) is 0. The van der Waals surface area contributed by atoms with Crippen LogP contribution in [0.25, 0.3) is 76.5 Å². The maximum Gasteiger partial charge on any atom is 0.0705 e. The van der Waals surface area contributed by atoms with Crippen molar-refractivity contribution in [2.75, 3.05) is 5.73 Å². The minimum Gasteiger partial charge on any atom is -0.398 e. The van der Waals surface area contributed by atoms with Crippen LogP contribution >= 0.6 is 0 Å². The van der Waals surface area contributed by atoms with E-state index >= 15 is 0 Å². The number of nitrogens with one attached hydrogen (secondary N) is 1. The van der Waals surface area contributed by atoms with Crippen molar-refractivity contribution in [3.63, 3.8) is 0 Å². The van der Waals surface area contributed by atoms with Gasteiger partial charge in [-0.15, -0.1) is 0 Å². The molecule has 11 rings (SSSR count). The van der Waals surface area contributed by atoms with Crippen LogP contribution in [0.5, 0.6) is 0 Å². The Morgan fingerprint density at radius 1 is 0.411 bits per heavy atom. The van der Waals surface area contributed by atoms with Crippen LogP contribution < -0.4 is 5.73 Å². The SMILES string of the molecule is Cc1ccc(-n2c3ccccc3c3c4ccc5ccc6c(c7ccccc7n6-c6ccccc6)c5c4ccc32)cc1.N=C(c1ccccc1)c1ccccc1N. The second-order valence-corrected chi connectivity index (χ2v) is 14.4. The minimum atomic E-state index is 0.466. The molecule has 0 atom stereocenters. The van der Waals surface area contributed by atoms with Gasteiger partial charge >= 0.3 is 0 Å². The molecule has 0 fully saturated rings. The van der Waals surface area contributed by atoms with E-state index in [1.54, 1.807) is 0 Å². The van der Waals surface area contributed by atoms with Crippen molar-refractivity contribution in [2.45, 2.75) is 6.92 Å². The molecule has 266 valence electrons. The molecule has 0 aliphatic carbocycles. The number of nitrogens with zero attached hydrogens (tertiary/aromatic N) is 2. The van der Waals surface area contributed by atoms with E-state index in [0.717, 1.165) is 11.1 Å². The standard InChI is InChI=1S/C39H26N2.C13H12N2/c1-25-15-19-28(20-16-25)41-33-13-7-5-11-31(33)38-30-21-17-26-18-23-36-39(37(26)29(30)22-24-35(38)41)32-12-6-8-14-34(32)40(36)27-9-3-2-4-10-27;14-12-9-5-4-8-11(12)13(15)10-6-2-1-3-7-10/h2-24H,1H3;1-9,15H,14H2. The monoisotopic (exact) mass is 718 g/mol. The highest BCUT2D eigenvalue weighted by atomic mass is 15.0. The number of aromatic nitrogens is 2. The smallest absolute Gasteiger partial charge is 0.0705 e. The summed E-state index contributed by atoms with van der Waals surface area (Å²) in [6.07, 6.45) is 0. The van der Waals surface area contributed by atoms with Crippen molar-refractivity contribution in [3.8, 4) is 11.4 Å². The number of hydrogen-bond acceptors (Lipinski definition) is 2. The van der Waals surface area contributed by atoms with Gasteiger partial charge in [0.25, 0.3) is 0 Å². The van der Waals surface area contributed by atoms with Crippen LogP contribution in [0.2, 0.25) is 0 Å². The Hall–Kier alpha value is -7.43. The van der Waals surface area contributed by atoms with Gasteiger partial charge in [-0.1, -0.05) is 145 Å². The van der Waals surface area contributed by atoms with E-state index in [-0.39, 0.29) is 0 Å². The number of nitrogen functional groups attached to an aromatic ring is 1. The average Bonchev–Trinajstić information content (AvgIpc) is 3.78. The molecule has 9 aromatic carbocycles. The lowest BCUT2D eigenvalue weighted by molar-refractivity contribution is 1.18. The Morgan fingerprint density at radius 3 is 1.61 bits per heavy atom. The molecule has 0 bridgehead atoms. The highest BCUT2D eigenvalue weighted by Crippen LogP contribution is 2.43. The fourth-order valence-electron chi connectivity index (χ4n) is 8.47. The molecule has 0 saturated heterocycles. The lowest BCUT2D eigenvalue weighted by Crippen LogP contribution is -2.04. The number of hydrogen-bond donors (Lipinski definition) is 2. The van der Waals surface area contributed by atoms with Gasteiger partial charge in [-0.3, -0.25) is 5.41 Å². The fraction of sp³-hybridized carbons (Fsp3) is 0.0192. The lowest BCUT2D eigenvalue weighted by atomic mass is 9.95. The van der Waals surface area contributed by atoms with Crippen molar-refractivity contribution < 1.29 is 0 Å². The predicted octanol–water partition coefficient (Wildman–Crippen LogP) is 13.2. The minimum absolute atomic E-state index is 0.466. The first-order valence-corrected chi connectivity index (χ1v) is 19.0. The van der Waals surface area contributed by atoms with Crippen LogP contribution in [0, 0.1) is 12.3 Å². The number of nitrogens with two attached hydrogens (primary N) is 1. The van der Waals surface area contributed by atoms with Gasteiger partial charge in [-0.2, -0.15) is 0 Å². The van der Waals surface area contributed by atoms with Crippen LogP contribution in [0.3, 0.4) is 0 Å². The first kappa shape index (κ1) is 33.2. The van der Waals surface area contributed by atoms with E-state index in [4.69, 9.17) is 11.1 Å². The van der Waals surface area contributed by atoms with Gasteiger partial charge in [0.15, 0.2) is 0 Å². The number of benzene rings is 9. The molecule has 4 heteroatoms. The first-order valence-electron chi connectivity index (χ1n) is 19.0. The van der Waals surface area contributed by atoms with Gasteiger partial charge < -0.3 is 14.9 Å². The molecule has 0 saturated carbocycles. The van der Waals surface area contributed by atoms with Crippen molar-refractivity contribution >= 4 is 76.6 Å². The van der Waals surface area contributed by atoms with Crippen LogP contribution in [-0.2, 0) is 0 Å². The molecule has 2 heterocycles. The first-order chi connectivity index (χ1) is 27.6. The molecular weight excluding hydrogens is 681 g/mol. The summed E-state index contributed by atoms with van der Waals surface area (Å²) in [6.45, 7) is 2.14. The number of anilines is 1. The molecule has 0 amide bonds. The van der Waals surface area contributed by atoms with Gasteiger partial charge in [0, 0.05) is 49.7 Å². The number of fused-ring (bicyclic) bond motifs is 11. The summed E-state index contributed by atoms with van der Waals surface area (Å²) in [5.74, 6) is 0. The molecule has 0 radical (unpaired) electrons. The van der Waals surface area contributed by atoms with Crippen molar-refractivity contribution in [1.82, 2.24) is 9.13 Å². The number of rotatable bonds is 4. The number of para-hydroxylation sites is 4. The van der Waals surface area contributed by atoms with E-state index in [9.17, 15) is 0 Å². The summed E-state index contributed by atoms with van der Waals surface area (Å²) < 4.78 is 4.82. The molecule has 0 unspecified atom stereocenters. The van der Waals surface area contributed by atoms with Gasteiger partial charge in [0.2, 0.25) is 0 Å². The fourth-order valence-corrected chi connectivity index (χ4v) is 8.47. The Morgan fingerprint density at radius 2 is 0.911 bits per heavy atom. The van der Waals surface area contributed by atoms with Crippen molar-refractivity contribution in [2.24, 2.45) is 0 Å². The molecule has 56 heavy (non-hydrogen) atoms. The van der Waals surface area contributed by atoms with Gasteiger partial charge in [-0.25, -0.2) is 0 Å². The number of aryl methyl sites for hydroxylation is 1. The molecule has 11 aromatic rings. The zero-order chi connectivity index (χ0) is 37.8. The molecule has 0 aliphatic heterocycles. The highest BCUT2D eigenvalue weighted by Gasteiger charge is 2.19. The van der Waals surface area contributed by atoms with Gasteiger partial charge in [-0.05, 0) is 83.1 Å². The Kier molecular flexibility index (Phi) is 7.97. The predicted molar refractivity (Wildman–Crippen MR) is 238 cm³/mol. The van der Waals surface area contributed by atoms with Crippen LogP contribution in [-0.4, -0.2) is 14.8 Å². The van der Waals surface area contributed by atoms with Crippen LogP contribution in [0.1, 0.15) is 16.7 Å². The molecule has 0 spiro atoms. The lowest BCUT2D eigenvalue weighted by Gasteiger charge is -2.11. The maximum atomic E-state index is 8.03. The summed E-state index contributed by atoms with van der Waals surface area (Å²) in [5, 5.41) is 18.4. The largest absolute Gasteiger partial charge is 0.398 e. The third-order valence-corrected chi connectivity index (χ3v) is 11.0. The van der Waals surface area contributed by atoms with Gasteiger partial charge in [0.05, 0.1) is 27.8 Å².